The molecule has 1 unspecified atom stereocenters. The van der Waals surface area contributed by atoms with Crippen LogP contribution in [0.25, 0.3) is 28.5 Å². The quantitative estimate of drug-likeness (QED) is 0.490. The zero-order chi connectivity index (χ0) is 22.5. The second-order valence-corrected chi connectivity index (χ2v) is 8.54. The Labute approximate surface area is 183 Å². The molecule has 32 heavy (non-hydrogen) atoms. The van der Waals surface area contributed by atoms with Crippen LogP contribution >= 0.6 is 0 Å². The molecular weight excluding hydrogens is 410 g/mol. The van der Waals surface area contributed by atoms with Crippen molar-refractivity contribution in [2.75, 3.05) is 18.9 Å². The lowest BCUT2D eigenvalue weighted by atomic mass is 9.82. The molecule has 1 amide bonds. The Balaban J connectivity index is 1.55. The van der Waals surface area contributed by atoms with Crippen molar-refractivity contribution in [2.45, 2.75) is 26.9 Å². The van der Waals surface area contributed by atoms with Crippen LogP contribution in [0, 0.1) is 12.3 Å². The lowest BCUT2D eigenvalue weighted by Crippen LogP contribution is -2.53. The standard InChI is InChI=1S/C22H23N7O3/c1-12-8-25-15-5-4-13(10-29(12)15)16-17(21-24-6-7-31-21)28-19(23)18(27-16)20(30)26-9-14-22(2,3)11-32-14/h4-8,10,14H,9,11H2,1-3H3,(H2,23,28)(H,26,30). The van der Waals surface area contributed by atoms with Gasteiger partial charge >= 0.3 is 0 Å². The molecule has 4 aromatic heterocycles. The van der Waals surface area contributed by atoms with E-state index in [4.69, 9.17) is 14.9 Å². The van der Waals surface area contributed by atoms with E-state index in [2.05, 4.69) is 39.1 Å². The van der Waals surface area contributed by atoms with Crippen molar-refractivity contribution in [1.29, 1.82) is 0 Å². The van der Waals surface area contributed by atoms with Gasteiger partial charge < -0.3 is 24.6 Å². The molecule has 0 radical (unpaired) electrons. The third-order valence-electron chi connectivity index (χ3n) is 5.71. The molecule has 1 fully saturated rings. The number of amides is 1. The molecule has 1 saturated heterocycles. The minimum Gasteiger partial charge on any atom is -0.443 e. The summed E-state index contributed by atoms with van der Waals surface area (Å²) in [5, 5.41) is 2.86. The number of oxazole rings is 1. The van der Waals surface area contributed by atoms with Gasteiger partial charge in [0.25, 0.3) is 5.91 Å². The number of ether oxygens (including phenoxy) is 1. The van der Waals surface area contributed by atoms with Gasteiger partial charge in [0.2, 0.25) is 5.89 Å². The number of aromatic nitrogens is 5. The lowest BCUT2D eigenvalue weighted by molar-refractivity contribution is -0.163. The number of nitrogens with zero attached hydrogens (tertiary/aromatic N) is 5. The predicted octanol–water partition coefficient (Wildman–Crippen LogP) is 2.49. The molecular formula is C22H23N7O3. The van der Waals surface area contributed by atoms with Gasteiger partial charge in [-0.2, -0.15) is 0 Å². The first kappa shape index (κ1) is 20.1. The van der Waals surface area contributed by atoms with Crippen molar-refractivity contribution in [1.82, 2.24) is 29.7 Å². The van der Waals surface area contributed by atoms with Crippen molar-refractivity contribution < 1.29 is 13.9 Å². The number of nitrogens with one attached hydrogen (secondary N) is 1. The molecule has 5 heterocycles. The van der Waals surface area contributed by atoms with Crippen LogP contribution in [0.1, 0.15) is 30.0 Å². The van der Waals surface area contributed by atoms with Crippen LogP contribution in [0.2, 0.25) is 0 Å². The topological polar surface area (TPSA) is 133 Å². The highest BCUT2D eigenvalue weighted by molar-refractivity contribution is 5.97. The number of fused-ring (bicyclic) bond motifs is 1. The van der Waals surface area contributed by atoms with Crippen molar-refractivity contribution in [2.24, 2.45) is 5.41 Å². The molecule has 3 N–H and O–H groups in total. The molecule has 5 rings (SSSR count). The summed E-state index contributed by atoms with van der Waals surface area (Å²) in [7, 11) is 0. The zero-order valence-electron chi connectivity index (χ0n) is 18.0. The summed E-state index contributed by atoms with van der Waals surface area (Å²) in [5.41, 5.74) is 9.45. The van der Waals surface area contributed by atoms with Gasteiger partial charge in [0.1, 0.15) is 17.6 Å². The fourth-order valence-electron chi connectivity index (χ4n) is 3.69. The van der Waals surface area contributed by atoms with Gasteiger partial charge in [-0.1, -0.05) is 13.8 Å². The Kier molecular flexibility index (Phi) is 4.66. The maximum absolute atomic E-state index is 12.9. The van der Waals surface area contributed by atoms with Crippen LogP contribution in [0.4, 0.5) is 5.82 Å². The Bertz CT molecular complexity index is 1310. The highest BCUT2D eigenvalue weighted by Gasteiger charge is 2.40. The van der Waals surface area contributed by atoms with Gasteiger partial charge in [-0.25, -0.2) is 19.9 Å². The van der Waals surface area contributed by atoms with E-state index in [0.29, 0.717) is 24.5 Å². The maximum atomic E-state index is 12.9. The molecule has 0 bridgehead atoms. The van der Waals surface area contributed by atoms with E-state index < -0.39 is 5.91 Å². The van der Waals surface area contributed by atoms with Crippen LogP contribution in [-0.2, 0) is 4.74 Å². The van der Waals surface area contributed by atoms with Crippen LogP contribution in [0.3, 0.4) is 0 Å². The monoisotopic (exact) mass is 433 g/mol. The molecule has 10 nitrogen and oxygen atoms in total. The molecule has 0 saturated carbocycles. The summed E-state index contributed by atoms with van der Waals surface area (Å²) >= 11 is 0. The maximum Gasteiger partial charge on any atom is 0.273 e. The fourth-order valence-corrected chi connectivity index (χ4v) is 3.69. The van der Waals surface area contributed by atoms with Crippen LogP contribution in [0.15, 0.2) is 41.4 Å². The van der Waals surface area contributed by atoms with Gasteiger partial charge in [-0.15, -0.1) is 0 Å². The highest BCUT2D eigenvalue weighted by Crippen LogP contribution is 2.33. The summed E-state index contributed by atoms with van der Waals surface area (Å²) in [6.45, 7) is 7.18. The smallest absolute Gasteiger partial charge is 0.273 e. The minimum atomic E-state index is -0.415. The highest BCUT2D eigenvalue weighted by atomic mass is 16.5. The molecule has 1 aliphatic heterocycles. The van der Waals surface area contributed by atoms with Gasteiger partial charge in [0.05, 0.1) is 18.9 Å². The van der Waals surface area contributed by atoms with Crippen molar-refractivity contribution >= 4 is 17.4 Å². The molecule has 164 valence electrons. The van der Waals surface area contributed by atoms with Crippen LogP contribution in [0.5, 0.6) is 0 Å². The number of anilines is 1. The molecule has 0 aromatic carbocycles. The van der Waals surface area contributed by atoms with E-state index in [-0.39, 0.29) is 28.9 Å². The summed E-state index contributed by atoms with van der Waals surface area (Å²) < 4.78 is 12.9. The summed E-state index contributed by atoms with van der Waals surface area (Å²) in [4.78, 5) is 30.5. The number of hydrogen-bond donors (Lipinski definition) is 2. The Hall–Kier alpha value is -3.79. The van der Waals surface area contributed by atoms with E-state index in [1.54, 1.807) is 6.20 Å². The third kappa shape index (κ3) is 3.38. The lowest BCUT2D eigenvalue weighted by Gasteiger charge is -2.44. The summed E-state index contributed by atoms with van der Waals surface area (Å²) in [6.07, 6.45) is 6.57. The van der Waals surface area contributed by atoms with Crippen LogP contribution in [-0.4, -0.2) is 49.5 Å². The number of nitrogen functional groups attached to an aromatic ring is 1. The molecule has 1 atom stereocenters. The zero-order valence-corrected chi connectivity index (χ0v) is 18.0. The second-order valence-electron chi connectivity index (χ2n) is 8.54. The normalized spacial score (nSPS) is 17.3. The number of hydrogen-bond acceptors (Lipinski definition) is 8. The average Bonchev–Trinajstić information content (AvgIpc) is 3.43. The van der Waals surface area contributed by atoms with Crippen molar-refractivity contribution in [3.8, 4) is 22.8 Å². The first-order valence-electron chi connectivity index (χ1n) is 10.2. The number of rotatable bonds is 5. The van der Waals surface area contributed by atoms with E-state index >= 15 is 0 Å². The van der Waals surface area contributed by atoms with Crippen molar-refractivity contribution in [3.05, 3.63) is 48.4 Å². The molecule has 0 aliphatic carbocycles. The summed E-state index contributed by atoms with van der Waals surface area (Å²) in [6, 6.07) is 3.73. The summed E-state index contributed by atoms with van der Waals surface area (Å²) in [5.74, 6) is -0.159. The average molecular weight is 433 g/mol. The number of carbonyl (C=O) groups excluding carboxylic acids is 1. The Morgan fingerprint density at radius 2 is 2.12 bits per heavy atom. The van der Waals surface area contributed by atoms with Crippen molar-refractivity contribution in [3.63, 3.8) is 0 Å². The second kappa shape index (κ2) is 7.41. The number of imidazole rings is 1. The van der Waals surface area contributed by atoms with E-state index in [9.17, 15) is 4.79 Å². The first-order valence-corrected chi connectivity index (χ1v) is 10.2. The predicted molar refractivity (Wildman–Crippen MR) is 117 cm³/mol. The Morgan fingerprint density at radius 1 is 1.28 bits per heavy atom. The third-order valence-corrected chi connectivity index (χ3v) is 5.71. The SMILES string of the molecule is Cc1cnc2ccc(-c3nc(C(=O)NCC4OCC4(C)C)c(N)nc3-c3ncco3)cn12. The van der Waals surface area contributed by atoms with Gasteiger partial charge in [0.15, 0.2) is 17.2 Å². The van der Waals surface area contributed by atoms with Crippen LogP contribution < -0.4 is 11.1 Å². The number of pyridine rings is 1. The van der Waals surface area contributed by atoms with E-state index in [1.807, 2.05) is 29.7 Å². The number of carbonyl (C=O) groups is 1. The van der Waals surface area contributed by atoms with Gasteiger partial charge in [-0.3, -0.25) is 4.79 Å². The molecule has 10 heteroatoms. The fraction of sp³-hybridized carbons (Fsp3) is 0.318. The number of aryl methyl sites for hydroxylation is 1. The molecule has 1 aliphatic rings. The van der Waals surface area contributed by atoms with Gasteiger partial charge in [0, 0.05) is 35.6 Å². The Morgan fingerprint density at radius 3 is 2.81 bits per heavy atom. The van der Waals surface area contributed by atoms with E-state index in [1.165, 1.54) is 12.5 Å². The minimum absolute atomic E-state index is 0.00636. The van der Waals surface area contributed by atoms with E-state index in [0.717, 1.165) is 16.9 Å². The molecule has 4 aromatic rings. The largest absolute Gasteiger partial charge is 0.443 e. The van der Waals surface area contributed by atoms with Gasteiger partial charge in [-0.05, 0) is 19.1 Å². The number of nitrogens with two attached hydrogens (primary N) is 1. The molecule has 0 spiro atoms. The first-order chi connectivity index (χ1) is 15.3.